The summed E-state index contributed by atoms with van der Waals surface area (Å²) in [7, 11) is 4.14. The summed E-state index contributed by atoms with van der Waals surface area (Å²) >= 11 is 0. The Balaban J connectivity index is 1.50. The lowest BCUT2D eigenvalue weighted by Crippen LogP contribution is -2.51. The molecule has 0 bridgehead atoms. The number of carbonyl (C=O) groups is 1. The third-order valence-electron chi connectivity index (χ3n) is 8.01. The molecule has 4 aliphatic rings. The van der Waals surface area contributed by atoms with Crippen LogP contribution in [0.5, 0.6) is 5.75 Å². The molecule has 2 aliphatic heterocycles. The molecule has 2 heterocycles. The van der Waals surface area contributed by atoms with E-state index in [0.29, 0.717) is 36.2 Å². The molecule has 0 radical (unpaired) electrons. The molecule has 0 aromatic heterocycles. The van der Waals surface area contributed by atoms with Crippen LogP contribution in [0.4, 0.5) is 13.2 Å². The second-order valence-electron chi connectivity index (χ2n) is 10.6. The first kappa shape index (κ1) is 24.4. The first-order chi connectivity index (χ1) is 16.5. The summed E-state index contributed by atoms with van der Waals surface area (Å²) in [5.41, 5.74) is 1.97. The van der Waals surface area contributed by atoms with Crippen molar-refractivity contribution in [2.24, 2.45) is 11.8 Å². The van der Waals surface area contributed by atoms with Gasteiger partial charge in [0.05, 0.1) is 17.8 Å². The first-order valence-electron chi connectivity index (χ1n) is 12.5. The van der Waals surface area contributed by atoms with Crippen molar-refractivity contribution in [3.8, 4) is 5.75 Å². The van der Waals surface area contributed by atoms with Gasteiger partial charge in [0.2, 0.25) is 0 Å². The van der Waals surface area contributed by atoms with Crippen molar-refractivity contribution in [3.63, 3.8) is 0 Å². The molecular weight excluding hydrogens is 459 g/mol. The van der Waals surface area contributed by atoms with Gasteiger partial charge in [-0.15, -0.1) is 13.2 Å². The van der Waals surface area contributed by atoms with Gasteiger partial charge < -0.3 is 14.5 Å². The van der Waals surface area contributed by atoms with Gasteiger partial charge in [0.1, 0.15) is 5.75 Å². The lowest BCUT2D eigenvalue weighted by atomic mass is 9.89. The molecule has 7 nitrogen and oxygen atoms in total. The van der Waals surface area contributed by atoms with Gasteiger partial charge in [-0.25, -0.2) is 0 Å². The second-order valence-corrected chi connectivity index (χ2v) is 10.6. The van der Waals surface area contributed by atoms with E-state index >= 15 is 0 Å². The minimum absolute atomic E-state index is 0.0102. The van der Waals surface area contributed by atoms with Crippen LogP contribution in [0.2, 0.25) is 0 Å². The number of alkyl halides is 3. The molecule has 2 aliphatic carbocycles. The number of benzene rings is 1. The molecular formula is C25H34F3N5O2. The van der Waals surface area contributed by atoms with Crippen molar-refractivity contribution in [2.75, 3.05) is 20.6 Å². The van der Waals surface area contributed by atoms with Crippen LogP contribution in [-0.2, 0) is 6.54 Å². The predicted molar refractivity (Wildman–Crippen MR) is 126 cm³/mol. The number of hydrazine groups is 2. The van der Waals surface area contributed by atoms with Crippen LogP contribution in [0, 0.1) is 5.92 Å². The number of rotatable bonds is 6. The van der Waals surface area contributed by atoms with Gasteiger partial charge in [-0.1, -0.05) is 0 Å². The van der Waals surface area contributed by atoms with Gasteiger partial charge in [-0.05, 0) is 89.2 Å². The van der Waals surface area contributed by atoms with Crippen LogP contribution in [0.3, 0.4) is 0 Å². The van der Waals surface area contributed by atoms with E-state index in [9.17, 15) is 18.0 Å². The molecule has 3 atom stereocenters. The maximum absolute atomic E-state index is 13.4. The Morgan fingerprint density at radius 3 is 2.57 bits per heavy atom. The molecule has 10 heteroatoms. The summed E-state index contributed by atoms with van der Waals surface area (Å²) in [4.78, 5) is 17.1. The second kappa shape index (κ2) is 8.97. The van der Waals surface area contributed by atoms with Gasteiger partial charge in [0, 0.05) is 30.2 Å². The van der Waals surface area contributed by atoms with Crippen LogP contribution in [0.25, 0.3) is 5.70 Å². The van der Waals surface area contributed by atoms with Crippen molar-refractivity contribution in [1.82, 2.24) is 19.9 Å². The van der Waals surface area contributed by atoms with E-state index < -0.39 is 12.1 Å². The number of nitrogens with zero attached hydrogens (tertiary/aromatic N) is 4. The predicted octanol–water partition coefficient (Wildman–Crippen LogP) is 3.96. The molecule has 5 rings (SSSR count). The highest BCUT2D eigenvalue weighted by atomic mass is 19.4. The molecule has 0 saturated heterocycles. The lowest BCUT2D eigenvalue weighted by Gasteiger charge is -2.42. The average molecular weight is 494 g/mol. The van der Waals surface area contributed by atoms with E-state index in [0.717, 1.165) is 44.2 Å². The summed E-state index contributed by atoms with van der Waals surface area (Å²) in [5.74, 6) is 5.96. The fourth-order valence-electron chi connectivity index (χ4n) is 5.94. The van der Waals surface area contributed by atoms with Crippen molar-refractivity contribution in [1.29, 1.82) is 0 Å². The highest BCUT2D eigenvalue weighted by Gasteiger charge is 2.43. The van der Waals surface area contributed by atoms with Crippen LogP contribution in [-0.4, -0.2) is 71.0 Å². The third kappa shape index (κ3) is 4.75. The Kier molecular flexibility index (Phi) is 6.26. The monoisotopic (exact) mass is 493 g/mol. The number of ether oxygens (including phenoxy) is 1. The van der Waals surface area contributed by atoms with E-state index in [1.165, 1.54) is 6.07 Å². The SMILES string of the molecule is CC(C1CC1)N1Cc2cc(C3=CCN(N)N3[C@@H]3CCC[C@H](N(C)C)C3)cc(OC(F)(F)F)c2C1=O. The lowest BCUT2D eigenvalue weighted by molar-refractivity contribution is -0.274. The van der Waals surface area contributed by atoms with Crippen molar-refractivity contribution >= 4 is 11.6 Å². The van der Waals surface area contributed by atoms with Gasteiger partial charge in [0.25, 0.3) is 5.91 Å². The Bertz CT molecular complexity index is 1020. The fourth-order valence-corrected chi connectivity index (χ4v) is 5.94. The van der Waals surface area contributed by atoms with E-state index in [2.05, 4.69) is 23.7 Å². The van der Waals surface area contributed by atoms with Gasteiger partial charge in [-0.3, -0.25) is 15.6 Å². The van der Waals surface area contributed by atoms with E-state index in [-0.39, 0.29) is 23.6 Å². The Labute approximate surface area is 204 Å². The van der Waals surface area contributed by atoms with Gasteiger partial charge in [0.15, 0.2) is 0 Å². The molecule has 1 amide bonds. The van der Waals surface area contributed by atoms with E-state index in [4.69, 9.17) is 5.84 Å². The Morgan fingerprint density at radius 2 is 1.91 bits per heavy atom. The number of nitrogens with two attached hydrogens (primary N) is 1. The zero-order valence-electron chi connectivity index (χ0n) is 20.5. The van der Waals surface area contributed by atoms with Crippen LogP contribution < -0.4 is 10.6 Å². The molecule has 1 aromatic rings. The molecule has 2 N–H and O–H groups in total. The Morgan fingerprint density at radius 1 is 1.17 bits per heavy atom. The maximum Gasteiger partial charge on any atom is 0.573 e. The number of amides is 1. The molecule has 1 unspecified atom stereocenters. The molecule has 1 aromatic carbocycles. The fraction of sp³-hybridized carbons (Fsp3) is 0.640. The largest absolute Gasteiger partial charge is 0.573 e. The smallest absolute Gasteiger partial charge is 0.405 e. The minimum atomic E-state index is -4.89. The Hall–Kier alpha value is -2.30. The molecule has 2 saturated carbocycles. The molecule has 2 fully saturated rings. The topological polar surface area (TPSA) is 65.3 Å². The van der Waals surface area contributed by atoms with E-state index in [1.54, 1.807) is 10.0 Å². The summed E-state index contributed by atoms with van der Waals surface area (Å²) in [6.45, 7) is 2.73. The molecule has 0 spiro atoms. The quantitative estimate of drug-likeness (QED) is 0.606. The summed E-state index contributed by atoms with van der Waals surface area (Å²) < 4.78 is 44.6. The maximum atomic E-state index is 13.4. The highest BCUT2D eigenvalue weighted by molar-refractivity contribution is 6.01. The summed E-state index contributed by atoms with van der Waals surface area (Å²) in [6.07, 6.45) is 3.18. The van der Waals surface area contributed by atoms with Crippen LogP contribution >= 0.6 is 0 Å². The van der Waals surface area contributed by atoms with Gasteiger partial charge >= 0.3 is 6.36 Å². The summed E-state index contributed by atoms with van der Waals surface area (Å²) in [5, 5.41) is 3.66. The number of fused-ring (bicyclic) bond motifs is 1. The number of hydrogen-bond donors (Lipinski definition) is 1. The zero-order chi connectivity index (χ0) is 25.1. The van der Waals surface area contributed by atoms with Crippen molar-refractivity contribution in [2.45, 2.75) is 76.5 Å². The first-order valence-corrected chi connectivity index (χ1v) is 12.5. The normalized spacial score (nSPS) is 26.4. The third-order valence-corrected chi connectivity index (χ3v) is 8.01. The number of hydrogen-bond acceptors (Lipinski definition) is 6. The highest BCUT2D eigenvalue weighted by Crippen LogP contribution is 2.43. The number of carbonyl (C=O) groups excluding carboxylic acids is 1. The van der Waals surface area contributed by atoms with Crippen LogP contribution in [0.1, 0.15) is 66.9 Å². The van der Waals surface area contributed by atoms with Crippen molar-refractivity contribution in [3.05, 3.63) is 34.9 Å². The number of halogens is 3. The average Bonchev–Trinajstić information content (AvgIpc) is 3.49. The van der Waals surface area contributed by atoms with Crippen molar-refractivity contribution < 1.29 is 22.7 Å². The molecule has 35 heavy (non-hydrogen) atoms. The van der Waals surface area contributed by atoms with Gasteiger partial charge in [-0.2, -0.15) is 5.12 Å². The zero-order valence-corrected chi connectivity index (χ0v) is 20.5. The standard InChI is InChI=1S/C25H34F3N5O2/c1-15(16-7-8-16)31-14-18-11-17(12-22(23(18)24(31)34)35-25(26,27)28)21-9-10-32(29)33(21)20-6-4-5-19(13-20)30(2)3/h9,11-12,15-16,19-20H,4-8,10,13-14,29H2,1-3H3/t15?,19-,20+/m0/s1. The van der Waals surface area contributed by atoms with Crippen LogP contribution in [0.15, 0.2) is 18.2 Å². The summed E-state index contributed by atoms with van der Waals surface area (Å²) in [6, 6.07) is 3.76. The van der Waals surface area contributed by atoms with E-state index in [1.807, 2.05) is 24.1 Å². The molecule has 192 valence electrons. The minimum Gasteiger partial charge on any atom is -0.405 e.